The molecule has 0 fully saturated rings. The summed E-state index contributed by atoms with van der Waals surface area (Å²) in [7, 11) is 0. The molecule has 0 bridgehead atoms. The Morgan fingerprint density at radius 3 is 2.53 bits per heavy atom. The van der Waals surface area contributed by atoms with Gasteiger partial charge in [-0.15, -0.1) is 0 Å². The molecule has 1 aliphatic carbocycles. The lowest BCUT2D eigenvalue weighted by Gasteiger charge is -2.16. The molecule has 0 saturated heterocycles. The van der Waals surface area contributed by atoms with Crippen molar-refractivity contribution >= 4 is 5.57 Å². The van der Waals surface area contributed by atoms with Crippen LogP contribution in [0.2, 0.25) is 0 Å². The Bertz CT molecular complexity index is 538. The predicted octanol–water partition coefficient (Wildman–Crippen LogP) is 4.76. The zero-order valence-corrected chi connectivity index (χ0v) is 12.0. The molecule has 0 amide bonds. The molecule has 0 radical (unpaired) electrons. The molecule has 0 aliphatic heterocycles. The Labute approximate surface area is 116 Å². The van der Waals surface area contributed by atoms with Gasteiger partial charge in [0.25, 0.3) is 0 Å². The van der Waals surface area contributed by atoms with E-state index in [1.807, 2.05) is 0 Å². The SMILES string of the molecule is CC(C)Cc1ccc(C2=CC(C)CC=C2C#N)cc1. The first-order valence-corrected chi connectivity index (χ1v) is 7.02. The number of benzene rings is 1. The topological polar surface area (TPSA) is 23.8 Å². The zero-order valence-electron chi connectivity index (χ0n) is 12.0. The second-order valence-electron chi connectivity index (χ2n) is 5.82. The first-order valence-electron chi connectivity index (χ1n) is 7.02. The van der Waals surface area contributed by atoms with Crippen LogP contribution >= 0.6 is 0 Å². The third kappa shape index (κ3) is 3.35. The lowest BCUT2D eigenvalue weighted by Crippen LogP contribution is -2.00. The molecule has 0 N–H and O–H groups in total. The summed E-state index contributed by atoms with van der Waals surface area (Å²) in [6.07, 6.45) is 6.35. The maximum Gasteiger partial charge on any atom is 0.0994 e. The van der Waals surface area contributed by atoms with Gasteiger partial charge in [0, 0.05) is 0 Å². The molecule has 1 heteroatoms. The van der Waals surface area contributed by atoms with Crippen LogP contribution in [-0.4, -0.2) is 0 Å². The van der Waals surface area contributed by atoms with E-state index < -0.39 is 0 Å². The quantitative estimate of drug-likeness (QED) is 0.760. The Kier molecular flexibility index (Phi) is 4.22. The Morgan fingerprint density at radius 1 is 1.26 bits per heavy atom. The van der Waals surface area contributed by atoms with Crippen molar-refractivity contribution in [2.24, 2.45) is 11.8 Å². The summed E-state index contributed by atoms with van der Waals surface area (Å²) in [5, 5.41) is 9.22. The minimum atomic E-state index is 0.516. The molecule has 0 spiro atoms. The monoisotopic (exact) mass is 251 g/mol. The van der Waals surface area contributed by atoms with Gasteiger partial charge in [-0.1, -0.05) is 57.2 Å². The maximum absolute atomic E-state index is 9.22. The van der Waals surface area contributed by atoms with Gasteiger partial charge in [-0.3, -0.25) is 0 Å². The smallest absolute Gasteiger partial charge is 0.0994 e. The molecular weight excluding hydrogens is 230 g/mol. The summed E-state index contributed by atoms with van der Waals surface area (Å²) in [6.45, 7) is 6.66. The molecule has 1 nitrogen and oxygen atoms in total. The van der Waals surface area contributed by atoms with Gasteiger partial charge in [0.2, 0.25) is 0 Å². The number of hydrogen-bond acceptors (Lipinski definition) is 1. The van der Waals surface area contributed by atoms with Gasteiger partial charge in [0.15, 0.2) is 0 Å². The molecule has 0 aromatic heterocycles. The van der Waals surface area contributed by atoms with Gasteiger partial charge < -0.3 is 0 Å². The highest BCUT2D eigenvalue weighted by Gasteiger charge is 2.14. The van der Waals surface area contributed by atoms with Gasteiger partial charge in [-0.05, 0) is 41.4 Å². The molecule has 1 unspecified atom stereocenters. The van der Waals surface area contributed by atoms with Crippen LogP contribution in [0.15, 0.2) is 42.0 Å². The highest BCUT2D eigenvalue weighted by molar-refractivity contribution is 5.83. The number of allylic oxidation sites excluding steroid dienone is 4. The predicted molar refractivity (Wildman–Crippen MR) is 80.4 cm³/mol. The van der Waals surface area contributed by atoms with Crippen molar-refractivity contribution in [3.63, 3.8) is 0 Å². The number of hydrogen-bond donors (Lipinski definition) is 0. The van der Waals surface area contributed by atoms with Crippen LogP contribution in [0.3, 0.4) is 0 Å². The number of rotatable bonds is 3. The van der Waals surface area contributed by atoms with Crippen molar-refractivity contribution in [3.05, 3.63) is 53.1 Å². The summed E-state index contributed by atoms with van der Waals surface area (Å²) in [6, 6.07) is 11.0. The summed E-state index contributed by atoms with van der Waals surface area (Å²) >= 11 is 0. The van der Waals surface area contributed by atoms with Crippen LogP contribution in [0.5, 0.6) is 0 Å². The summed E-state index contributed by atoms with van der Waals surface area (Å²) < 4.78 is 0. The minimum Gasteiger partial charge on any atom is -0.192 e. The molecule has 98 valence electrons. The van der Waals surface area contributed by atoms with Crippen molar-refractivity contribution in [3.8, 4) is 6.07 Å². The van der Waals surface area contributed by atoms with Gasteiger partial charge in [0.05, 0.1) is 11.6 Å². The molecule has 2 rings (SSSR count). The summed E-state index contributed by atoms with van der Waals surface area (Å²) in [5.74, 6) is 1.19. The molecule has 1 aromatic rings. The van der Waals surface area contributed by atoms with Crippen LogP contribution in [0.4, 0.5) is 0 Å². The highest BCUT2D eigenvalue weighted by atomic mass is 14.3. The zero-order chi connectivity index (χ0) is 13.8. The largest absolute Gasteiger partial charge is 0.192 e. The second-order valence-corrected chi connectivity index (χ2v) is 5.82. The van der Waals surface area contributed by atoms with Crippen molar-refractivity contribution in [1.82, 2.24) is 0 Å². The van der Waals surface area contributed by atoms with Crippen molar-refractivity contribution in [1.29, 1.82) is 5.26 Å². The fourth-order valence-corrected chi connectivity index (χ4v) is 2.51. The average Bonchev–Trinajstić information content (AvgIpc) is 2.39. The molecule has 0 saturated carbocycles. The lowest BCUT2D eigenvalue weighted by molar-refractivity contribution is 0.647. The van der Waals surface area contributed by atoms with Crippen molar-refractivity contribution in [2.75, 3.05) is 0 Å². The van der Waals surface area contributed by atoms with E-state index in [1.165, 1.54) is 5.56 Å². The first-order chi connectivity index (χ1) is 9.10. The van der Waals surface area contributed by atoms with Crippen LogP contribution in [0, 0.1) is 23.2 Å². The van der Waals surface area contributed by atoms with E-state index in [-0.39, 0.29) is 0 Å². The van der Waals surface area contributed by atoms with Gasteiger partial charge >= 0.3 is 0 Å². The third-order valence-corrected chi connectivity index (χ3v) is 3.46. The van der Waals surface area contributed by atoms with Crippen LogP contribution in [0.1, 0.15) is 38.3 Å². The van der Waals surface area contributed by atoms with Gasteiger partial charge in [-0.25, -0.2) is 0 Å². The van der Waals surface area contributed by atoms with E-state index in [9.17, 15) is 5.26 Å². The van der Waals surface area contributed by atoms with Gasteiger partial charge in [-0.2, -0.15) is 5.26 Å². The molecular formula is C18H21N. The van der Waals surface area contributed by atoms with Crippen molar-refractivity contribution < 1.29 is 0 Å². The summed E-state index contributed by atoms with van der Waals surface area (Å²) in [5.41, 5.74) is 4.43. The van der Waals surface area contributed by atoms with Crippen LogP contribution < -0.4 is 0 Å². The number of nitrogens with zero attached hydrogens (tertiary/aromatic N) is 1. The second kappa shape index (κ2) is 5.89. The third-order valence-electron chi connectivity index (χ3n) is 3.46. The van der Waals surface area contributed by atoms with Crippen LogP contribution in [0.25, 0.3) is 5.57 Å². The van der Waals surface area contributed by atoms with E-state index in [1.54, 1.807) is 0 Å². The van der Waals surface area contributed by atoms with Crippen molar-refractivity contribution in [2.45, 2.75) is 33.6 Å². The standard InChI is InChI=1S/C18H21N/c1-13(2)10-15-5-8-16(9-6-15)18-11-14(3)4-7-17(18)12-19/h5-9,11,13-14H,4,10H2,1-3H3. The molecule has 1 aromatic carbocycles. The fourth-order valence-electron chi connectivity index (χ4n) is 2.51. The van der Waals surface area contributed by atoms with E-state index >= 15 is 0 Å². The molecule has 0 heterocycles. The van der Waals surface area contributed by atoms with E-state index in [4.69, 9.17) is 0 Å². The Hall–Kier alpha value is -1.81. The lowest BCUT2D eigenvalue weighted by atomic mass is 9.87. The fraction of sp³-hybridized carbons (Fsp3) is 0.389. The highest BCUT2D eigenvalue weighted by Crippen LogP contribution is 2.30. The molecule has 1 aliphatic rings. The maximum atomic E-state index is 9.22. The van der Waals surface area contributed by atoms with E-state index in [0.29, 0.717) is 11.8 Å². The summed E-state index contributed by atoms with van der Waals surface area (Å²) in [4.78, 5) is 0. The Morgan fingerprint density at radius 2 is 1.95 bits per heavy atom. The average molecular weight is 251 g/mol. The minimum absolute atomic E-state index is 0.516. The van der Waals surface area contributed by atoms with Gasteiger partial charge in [0.1, 0.15) is 0 Å². The Balaban J connectivity index is 2.26. The van der Waals surface area contributed by atoms with Crippen LogP contribution in [-0.2, 0) is 6.42 Å². The first kappa shape index (κ1) is 13.6. The molecule has 1 atom stereocenters. The normalized spacial score (nSPS) is 18.8. The van der Waals surface area contributed by atoms with E-state index in [2.05, 4.69) is 63.3 Å². The molecule has 19 heavy (non-hydrogen) atoms. The number of nitriles is 1. The van der Waals surface area contributed by atoms with E-state index in [0.717, 1.165) is 29.6 Å².